The highest BCUT2D eigenvalue weighted by atomic mass is 32.2. The number of nitrogens with one attached hydrogen (secondary N) is 1. The highest BCUT2D eigenvalue weighted by Gasteiger charge is 2.16. The van der Waals surface area contributed by atoms with Crippen molar-refractivity contribution in [1.29, 1.82) is 0 Å². The van der Waals surface area contributed by atoms with Crippen LogP contribution in [0.1, 0.15) is 16.7 Å². The first-order valence-electron chi connectivity index (χ1n) is 7.65. The average Bonchev–Trinajstić information content (AvgIpc) is 3.04. The zero-order valence-electron chi connectivity index (χ0n) is 13.4. The number of aromatic nitrogens is 2. The van der Waals surface area contributed by atoms with Crippen LogP contribution in [0.4, 0.5) is 0 Å². The molecule has 6 heteroatoms. The summed E-state index contributed by atoms with van der Waals surface area (Å²) < 4.78 is 29.1. The summed E-state index contributed by atoms with van der Waals surface area (Å²) in [6.45, 7) is 2.76. The predicted molar refractivity (Wildman–Crippen MR) is 93.0 cm³/mol. The van der Waals surface area contributed by atoms with Crippen molar-refractivity contribution in [2.75, 3.05) is 0 Å². The Hall–Kier alpha value is -2.44. The van der Waals surface area contributed by atoms with E-state index in [9.17, 15) is 8.42 Å². The molecule has 0 bridgehead atoms. The van der Waals surface area contributed by atoms with Crippen molar-refractivity contribution in [3.05, 3.63) is 83.7 Å². The molecule has 124 valence electrons. The maximum Gasteiger partial charge on any atom is 0.243 e. The van der Waals surface area contributed by atoms with E-state index in [1.54, 1.807) is 10.9 Å². The smallest absolute Gasteiger partial charge is 0.243 e. The average molecular weight is 341 g/mol. The normalized spacial score (nSPS) is 11.5. The molecule has 0 atom stereocenters. The van der Waals surface area contributed by atoms with Crippen LogP contribution in [0.2, 0.25) is 0 Å². The third-order valence-electron chi connectivity index (χ3n) is 3.82. The molecule has 3 aromatic rings. The molecule has 0 aliphatic carbocycles. The molecule has 0 radical (unpaired) electrons. The lowest BCUT2D eigenvalue weighted by molar-refractivity contribution is 0.581. The van der Waals surface area contributed by atoms with Crippen molar-refractivity contribution in [2.45, 2.75) is 24.9 Å². The summed E-state index contributed by atoms with van der Waals surface area (Å²) in [6, 6.07) is 17.5. The summed E-state index contributed by atoms with van der Waals surface area (Å²) >= 11 is 0. The molecule has 0 saturated carbocycles. The topological polar surface area (TPSA) is 64.0 Å². The number of hydrogen-bond acceptors (Lipinski definition) is 3. The minimum atomic E-state index is -3.58. The molecule has 5 nitrogen and oxygen atoms in total. The molecule has 0 unspecified atom stereocenters. The molecular formula is C18H19N3O2S. The van der Waals surface area contributed by atoms with Gasteiger partial charge >= 0.3 is 0 Å². The fraction of sp³-hybridized carbons (Fsp3) is 0.167. The van der Waals surface area contributed by atoms with Gasteiger partial charge in [-0.3, -0.25) is 4.68 Å². The van der Waals surface area contributed by atoms with E-state index in [0.717, 1.165) is 16.7 Å². The first kappa shape index (κ1) is 16.4. The Morgan fingerprint density at radius 3 is 2.50 bits per heavy atom. The van der Waals surface area contributed by atoms with Crippen LogP contribution in [0.5, 0.6) is 0 Å². The van der Waals surface area contributed by atoms with E-state index < -0.39 is 10.0 Å². The van der Waals surface area contributed by atoms with Crippen LogP contribution >= 0.6 is 0 Å². The number of hydrogen-bond donors (Lipinski definition) is 1. The Bertz CT molecular complexity index is 918. The number of sulfonamides is 1. The van der Waals surface area contributed by atoms with Crippen LogP contribution in [0, 0.1) is 6.92 Å². The second-order valence-corrected chi connectivity index (χ2v) is 7.38. The minimum Gasteiger partial charge on any atom is -0.267 e. The maximum atomic E-state index is 12.4. The van der Waals surface area contributed by atoms with Gasteiger partial charge in [-0.2, -0.15) is 5.10 Å². The Kier molecular flexibility index (Phi) is 4.78. The van der Waals surface area contributed by atoms with E-state index in [0.29, 0.717) is 6.54 Å². The summed E-state index contributed by atoms with van der Waals surface area (Å²) in [5, 5.41) is 4.15. The van der Waals surface area contributed by atoms with Crippen molar-refractivity contribution >= 4 is 10.0 Å². The van der Waals surface area contributed by atoms with Crippen LogP contribution in [-0.4, -0.2) is 18.2 Å². The third-order valence-corrected chi connectivity index (χ3v) is 5.18. The van der Waals surface area contributed by atoms with Gasteiger partial charge in [0.25, 0.3) is 0 Å². The van der Waals surface area contributed by atoms with Crippen molar-refractivity contribution in [3.8, 4) is 0 Å². The third kappa shape index (κ3) is 3.90. The van der Waals surface area contributed by atoms with Gasteiger partial charge in [0.1, 0.15) is 4.90 Å². The van der Waals surface area contributed by atoms with Crippen LogP contribution in [-0.2, 0) is 23.1 Å². The summed E-state index contributed by atoms with van der Waals surface area (Å²) in [4.78, 5) is 0.173. The fourth-order valence-electron chi connectivity index (χ4n) is 2.40. The Balaban J connectivity index is 1.70. The molecular weight excluding hydrogens is 322 g/mol. The molecule has 0 fully saturated rings. The van der Waals surface area contributed by atoms with Gasteiger partial charge < -0.3 is 0 Å². The van der Waals surface area contributed by atoms with E-state index in [-0.39, 0.29) is 11.4 Å². The molecule has 1 heterocycles. The van der Waals surface area contributed by atoms with Crippen molar-refractivity contribution < 1.29 is 8.42 Å². The number of aryl methyl sites for hydroxylation is 1. The lowest BCUT2D eigenvalue weighted by atomic mass is 10.1. The van der Waals surface area contributed by atoms with Gasteiger partial charge in [-0.05, 0) is 23.6 Å². The second kappa shape index (κ2) is 6.98. The second-order valence-electron chi connectivity index (χ2n) is 5.61. The number of rotatable bonds is 6. The van der Waals surface area contributed by atoms with Gasteiger partial charge in [-0.1, -0.05) is 54.6 Å². The predicted octanol–water partition coefficient (Wildman–Crippen LogP) is 2.72. The fourth-order valence-corrected chi connectivity index (χ4v) is 3.36. The van der Waals surface area contributed by atoms with Gasteiger partial charge in [0.2, 0.25) is 10.0 Å². The zero-order valence-corrected chi connectivity index (χ0v) is 14.2. The quantitative estimate of drug-likeness (QED) is 0.750. The molecule has 0 aliphatic rings. The maximum absolute atomic E-state index is 12.4. The molecule has 3 rings (SSSR count). The zero-order chi connectivity index (χ0) is 17.0. The van der Waals surface area contributed by atoms with E-state index in [1.165, 1.54) is 6.20 Å². The summed E-state index contributed by atoms with van der Waals surface area (Å²) in [7, 11) is -3.58. The van der Waals surface area contributed by atoms with Gasteiger partial charge in [-0.15, -0.1) is 0 Å². The Labute approximate surface area is 142 Å². The molecule has 2 aromatic carbocycles. The van der Waals surface area contributed by atoms with Gasteiger partial charge in [-0.25, -0.2) is 13.1 Å². The lowest BCUT2D eigenvalue weighted by Gasteiger charge is -2.07. The Morgan fingerprint density at radius 1 is 1.04 bits per heavy atom. The summed E-state index contributed by atoms with van der Waals surface area (Å²) in [5.41, 5.74) is 3.08. The number of nitrogens with zero attached hydrogens (tertiary/aromatic N) is 2. The number of benzene rings is 2. The summed E-state index contributed by atoms with van der Waals surface area (Å²) in [5.74, 6) is 0. The van der Waals surface area contributed by atoms with Crippen LogP contribution in [0.15, 0.2) is 71.9 Å². The van der Waals surface area contributed by atoms with Gasteiger partial charge in [0, 0.05) is 12.7 Å². The first-order chi connectivity index (χ1) is 11.5. The molecule has 0 spiro atoms. The minimum absolute atomic E-state index is 0.173. The van der Waals surface area contributed by atoms with Crippen LogP contribution < -0.4 is 4.72 Å². The molecule has 24 heavy (non-hydrogen) atoms. The van der Waals surface area contributed by atoms with E-state index in [4.69, 9.17) is 0 Å². The molecule has 0 aliphatic heterocycles. The van der Waals surface area contributed by atoms with Crippen LogP contribution in [0.3, 0.4) is 0 Å². The van der Waals surface area contributed by atoms with Gasteiger partial charge in [0.05, 0.1) is 12.7 Å². The van der Waals surface area contributed by atoms with E-state index in [2.05, 4.69) is 9.82 Å². The highest BCUT2D eigenvalue weighted by Crippen LogP contribution is 2.12. The van der Waals surface area contributed by atoms with Crippen molar-refractivity contribution in [2.24, 2.45) is 0 Å². The van der Waals surface area contributed by atoms with Crippen LogP contribution in [0.25, 0.3) is 0 Å². The molecule has 0 amide bonds. The monoisotopic (exact) mass is 341 g/mol. The largest absolute Gasteiger partial charge is 0.267 e. The van der Waals surface area contributed by atoms with Gasteiger partial charge in [0.15, 0.2) is 0 Å². The molecule has 0 saturated heterocycles. The molecule has 1 N–H and O–H groups in total. The van der Waals surface area contributed by atoms with E-state index >= 15 is 0 Å². The van der Waals surface area contributed by atoms with E-state index in [1.807, 2.05) is 61.5 Å². The standard InChI is InChI=1S/C18H19N3O2S/c1-15-7-5-6-10-17(15)11-20-24(22,23)18-12-19-21(14-18)13-16-8-3-2-4-9-16/h2-10,12,14,20H,11,13H2,1H3. The van der Waals surface area contributed by atoms with Crippen molar-refractivity contribution in [1.82, 2.24) is 14.5 Å². The first-order valence-corrected chi connectivity index (χ1v) is 9.13. The molecule has 1 aromatic heterocycles. The van der Waals surface area contributed by atoms with Crippen molar-refractivity contribution in [3.63, 3.8) is 0 Å². The Morgan fingerprint density at radius 2 is 1.75 bits per heavy atom. The highest BCUT2D eigenvalue weighted by molar-refractivity contribution is 7.89. The summed E-state index contributed by atoms with van der Waals surface area (Å²) in [6.07, 6.45) is 2.93. The SMILES string of the molecule is Cc1ccccc1CNS(=O)(=O)c1cnn(Cc2ccccc2)c1. The lowest BCUT2D eigenvalue weighted by Crippen LogP contribution is -2.23.